The Balaban J connectivity index is 1.40. The number of anilines is 1. The van der Waals surface area contributed by atoms with E-state index in [4.69, 9.17) is 35.4 Å². The summed E-state index contributed by atoms with van der Waals surface area (Å²) >= 11 is 6.27. The quantitative estimate of drug-likeness (QED) is 0.276. The number of carbonyl (C=O) groups is 2. The Morgan fingerprint density at radius 1 is 1.02 bits per heavy atom. The SMILES string of the molecule is CCOc1ncccc1C1(OC(=O)ON2CCN(C3CCN(C)CC3)CC2)C(=O)N(S(=O)(=O)c2ccc(OC)cc2OC)c2cc(F)c(Cl)cc21. The number of rotatable bonds is 10. The van der Waals surface area contributed by atoms with Gasteiger partial charge in [0.1, 0.15) is 22.2 Å². The van der Waals surface area contributed by atoms with Crippen molar-refractivity contribution in [3.8, 4) is 17.4 Å². The van der Waals surface area contributed by atoms with E-state index in [0.717, 1.165) is 38.1 Å². The number of fused-ring (bicyclic) bond motifs is 1. The molecule has 0 spiro atoms. The summed E-state index contributed by atoms with van der Waals surface area (Å²) in [4.78, 5) is 42.9. The molecule has 4 heterocycles. The molecule has 51 heavy (non-hydrogen) atoms. The van der Waals surface area contributed by atoms with Crippen LogP contribution in [0.15, 0.2) is 53.6 Å². The Morgan fingerprint density at radius 3 is 2.41 bits per heavy atom. The number of hydrogen-bond acceptors (Lipinski definition) is 13. The zero-order valence-electron chi connectivity index (χ0n) is 28.6. The third-order valence-electron chi connectivity index (χ3n) is 9.36. The number of amides is 1. The summed E-state index contributed by atoms with van der Waals surface area (Å²) in [6, 6.07) is 8.98. The molecule has 14 nitrogen and oxygen atoms in total. The molecule has 2 fully saturated rings. The second-order valence-corrected chi connectivity index (χ2v) is 14.5. The molecule has 0 bridgehead atoms. The predicted octanol–water partition coefficient (Wildman–Crippen LogP) is 4.05. The van der Waals surface area contributed by atoms with Gasteiger partial charge in [-0.15, -0.1) is 5.06 Å². The van der Waals surface area contributed by atoms with Gasteiger partial charge in [-0.25, -0.2) is 22.6 Å². The van der Waals surface area contributed by atoms with Gasteiger partial charge in [-0.2, -0.15) is 4.31 Å². The molecule has 0 aliphatic carbocycles. The van der Waals surface area contributed by atoms with Crippen molar-refractivity contribution in [3.05, 3.63) is 70.6 Å². The minimum Gasteiger partial charge on any atom is -0.497 e. The summed E-state index contributed by atoms with van der Waals surface area (Å²) in [6.07, 6.45) is 2.16. The van der Waals surface area contributed by atoms with Crippen LogP contribution in [-0.4, -0.2) is 114 Å². The number of piperazine rings is 1. The number of ether oxygens (including phenoxy) is 4. The Bertz CT molecular complexity index is 1900. The molecular weight excluding hydrogens is 709 g/mol. The summed E-state index contributed by atoms with van der Waals surface area (Å²) in [5.74, 6) is -2.34. The van der Waals surface area contributed by atoms with Crippen LogP contribution >= 0.6 is 11.6 Å². The molecule has 6 rings (SSSR count). The van der Waals surface area contributed by atoms with Gasteiger partial charge in [0.15, 0.2) is 0 Å². The molecule has 1 aromatic heterocycles. The fourth-order valence-electron chi connectivity index (χ4n) is 6.77. The fourth-order valence-corrected chi connectivity index (χ4v) is 8.53. The maximum Gasteiger partial charge on any atom is 0.529 e. The van der Waals surface area contributed by atoms with Crippen LogP contribution in [0.2, 0.25) is 5.02 Å². The maximum absolute atomic E-state index is 15.2. The summed E-state index contributed by atoms with van der Waals surface area (Å²) < 4.78 is 66.9. The Kier molecular flexibility index (Phi) is 10.6. The van der Waals surface area contributed by atoms with Crippen LogP contribution < -0.4 is 18.5 Å². The molecule has 2 aromatic carbocycles. The number of piperidine rings is 1. The van der Waals surface area contributed by atoms with Gasteiger partial charge in [0.05, 0.1) is 37.1 Å². The molecule has 1 unspecified atom stereocenters. The van der Waals surface area contributed by atoms with Gasteiger partial charge >= 0.3 is 6.16 Å². The minimum absolute atomic E-state index is 0.0857. The van der Waals surface area contributed by atoms with Crippen molar-refractivity contribution in [1.29, 1.82) is 0 Å². The number of sulfonamides is 1. The highest BCUT2D eigenvalue weighted by molar-refractivity contribution is 7.93. The summed E-state index contributed by atoms with van der Waals surface area (Å²) in [6.45, 7) is 5.78. The lowest BCUT2D eigenvalue weighted by molar-refractivity contribution is -0.168. The largest absolute Gasteiger partial charge is 0.529 e. The van der Waals surface area contributed by atoms with E-state index in [2.05, 4.69) is 21.8 Å². The molecular formula is C34H39ClFN5O9S. The van der Waals surface area contributed by atoms with Gasteiger partial charge in [-0.1, -0.05) is 11.6 Å². The van der Waals surface area contributed by atoms with Crippen LogP contribution in [0.25, 0.3) is 0 Å². The van der Waals surface area contributed by atoms with Crippen LogP contribution in [0.3, 0.4) is 0 Å². The van der Waals surface area contributed by atoms with E-state index < -0.39 is 49.1 Å². The molecule has 0 radical (unpaired) electrons. The number of nitrogens with zero attached hydrogens (tertiary/aromatic N) is 5. The first-order valence-electron chi connectivity index (χ1n) is 16.4. The topological polar surface area (TPSA) is 140 Å². The van der Waals surface area contributed by atoms with Crippen molar-refractivity contribution < 1.29 is 46.2 Å². The Labute approximate surface area is 300 Å². The standard InChI is InChI=1S/C34H39ClFN5O9S/c1-5-48-31-24(7-6-12-37-31)34(49-33(43)50-40-17-15-39(16-18-40)22-10-13-38(2)14-11-22)25-20-26(35)27(36)21-28(25)41(32(34)42)51(44,45)30-9-8-23(46-3)19-29(30)47-4/h6-9,12,19-22H,5,10-11,13-18H2,1-4H3. The van der Waals surface area contributed by atoms with E-state index in [1.54, 1.807) is 6.92 Å². The molecule has 0 N–H and O–H groups in total. The molecule has 1 atom stereocenters. The number of methoxy groups -OCH3 is 2. The van der Waals surface area contributed by atoms with Crippen molar-refractivity contribution in [1.82, 2.24) is 19.8 Å². The van der Waals surface area contributed by atoms with Gasteiger partial charge < -0.3 is 28.7 Å². The minimum atomic E-state index is -4.90. The van der Waals surface area contributed by atoms with E-state index in [9.17, 15) is 18.0 Å². The molecule has 3 aliphatic rings. The first-order chi connectivity index (χ1) is 24.4. The van der Waals surface area contributed by atoms with Gasteiger partial charge in [0.25, 0.3) is 21.5 Å². The van der Waals surface area contributed by atoms with Crippen molar-refractivity contribution in [2.24, 2.45) is 0 Å². The van der Waals surface area contributed by atoms with Gasteiger partial charge in [0, 0.05) is 56.1 Å². The average Bonchev–Trinajstić information content (AvgIpc) is 3.35. The number of hydroxylamine groups is 2. The lowest BCUT2D eigenvalue weighted by Gasteiger charge is -2.41. The fraction of sp³-hybridized carbons (Fsp3) is 0.441. The highest BCUT2D eigenvalue weighted by Gasteiger charge is 2.62. The summed E-state index contributed by atoms with van der Waals surface area (Å²) in [7, 11) is -0.169. The molecule has 3 aromatic rings. The molecule has 3 aliphatic heterocycles. The van der Waals surface area contributed by atoms with Gasteiger partial charge in [-0.05, 0) is 70.2 Å². The van der Waals surface area contributed by atoms with Crippen molar-refractivity contribution in [2.45, 2.75) is 36.3 Å². The second-order valence-electron chi connectivity index (χ2n) is 12.3. The monoisotopic (exact) mass is 747 g/mol. The number of halogens is 2. The first-order valence-corrected chi connectivity index (χ1v) is 18.2. The predicted molar refractivity (Wildman–Crippen MR) is 183 cm³/mol. The van der Waals surface area contributed by atoms with Crippen LogP contribution in [0.5, 0.6) is 17.4 Å². The molecule has 17 heteroatoms. The number of pyridine rings is 1. The summed E-state index contributed by atoms with van der Waals surface area (Å²) in [5, 5.41) is 0.971. The molecule has 2 saturated heterocycles. The highest BCUT2D eigenvalue weighted by atomic mass is 35.5. The van der Waals surface area contributed by atoms with Crippen molar-refractivity contribution in [2.75, 3.05) is 71.4 Å². The van der Waals surface area contributed by atoms with E-state index in [-0.39, 0.29) is 35.1 Å². The number of carbonyl (C=O) groups excluding carboxylic acids is 2. The number of hydrogen-bond donors (Lipinski definition) is 0. The zero-order chi connectivity index (χ0) is 36.5. The highest BCUT2D eigenvalue weighted by Crippen LogP contribution is 2.53. The van der Waals surface area contributed by atoms with E-state index in [0.29, 0.717) is 36.5 Å². The van der Waals surface area contributed by atoms with Crippen LogP contribution in [0.4, 0.5) is 14.9 Å². The van der Waals surface area contributed by atoms with Crippen LogP contribution in [0, 0.1) is 5.82 Å². The lowest BCUT2D eigenvalue weighted by Crippen LogP contribution is -2.53. The molecule has 274 valence electrons. The summed E-state index contributed by atoms with van der Waals surface area (Å²) in [5.41, 5.74) is -3.45. The number of likely N-dealkylation sites (tertiary alicyclic amines) is 1. The Morgan fingerprint density at radius 2 is 1.75 bits per heavy atom. The van der Waals surface area contributed by atoms with E-state index >= 15 is 4.39 Å². The zero-order valence-corrected chi connectivity index (χ0v) is 30.2. The smallest absolute Gasteiger partial charge is 0.497 e. The third kappa shape index (κ3) is 6.78. The average molecular weight is 748 g/mol. The van der Waals surface area contributed by atoms with E-state index in [1.165, 1.54) is 55.8 Å². The third-order valence-corrected chi connectivity index (χ3v) is 11.4. The van der Waals surface area contributed by atoms with Crippen LogP contribution in [0.1, 0.15) is 30.9 Å². The maximum atomic E-state index is 15.2. The van der Waals surface area contributed by atoms with E-state index in [1.807, 2.05) is 0 Å². The first kappa shape index (κ1) is 36.6. The van der Waals surface area contributed by atoms with Gasteiger partial charge in [-0.3, -0.25) is 9.69 Å². The van der Waals surface area contributed by atoms with Gasteiger partial charge in [0.2, 0.25) is 5.88 Å². The van der Waals surface area contributed by atoms with Crippen molar-refractivity contribution >= 4 is 39.4 Å². The number of aromatic nitrogens is 1. The van der Waals surface area contributed by atoms with Crippen LogP contribution in [-0.2, 0) is 30.0 Å². The van der Waals surface area contributed by atoms with Crippen molar-refractivity contribution in [3.63, 3.8) is 0 Å². The molecule has 0 saturated carbocycles. The Hall–Kier alpha value is -4.22. The normalized spacial score (nSPS) is 20.6. The number of benzene rings is 2. The molecule has 1 amide bonds. The second kappa shape index (κ2) is 14.8. The lowest BCUT2D eigenvalue weighted by atomic mass is 9.87.